The summed E-state index contributed by atoms with van der Waals surface area (Å²) < 4.78 is 11.4. The van der Waals surface area contributed by atoms with Crippen molar-refractivity contribution >= 4 is 0 Å². The van der Waals surface area contributed by atoms with Crippen LogP contribution in [-0.4, -0.2) is 32.4 Å². The summed E-state index contributed by atoms with van der Waals surface area (Å²) in [7, 11) is 0. The maximum absolute atomic E-state index is 5.72. The van der Waals surface area contributed by atoms with Crippen molar-refractivity contribution in [2.24, 2.45) is 0 Å². The van der Waals surface area contributed by atoms with Crippen LogP contribution in [0.5, 0.6) is 5.75 Å². The van der Waals surface area contributed by atoms with Crippen molar-refractivity contribution in [3.8, 4) is 5.75 Å². The highest BCUT2D eigenvalue weighted by Gasteiger charge is 2.31. The lowest BCUT2D eigenvalue weighted by molar-refractivity contribution is 0.138. The van der Waals surface area contributed by atoms with E-state index in [2.05, 4.69) is 37.4 Å². The number of ether oxygens (including phenoxy) is 2. The van der Waals surface area contributed by atoms with Gasteiger partial charge in [0.05, 0.1) is 19.8 Å². The number of nitrogens with one attached hydrogen (secondary N) is 1. The molecule has 0 unspecified atom stereocenters. The van der Waals surface area contributed by atoms with Crippen LogP contribution in [0, 0.1) is 0 Å². The van der Waals surface area contributed by atoms with E-state index in [1.165, 1.54) is 24.0 Å². The highest BCUT2D eigenvalue weighted by Crippen LogP contribution is 2.38. The van der Waals surface area contributed by atoms with Crippen molar-refractivity contribution in [1.82, 2.24) is 5.32 Å². The van der Waals surface area contributed by atoms with E-state index in [0.29, 0.717) is 0 Å². The van der Waals surface area contributed by atoms with E-state index in [1.54, 1.807) is 0 Å². The third-order valence-electron chi connectivity index (χ3n) is 4.15. The van der Waals surface area contributed by atoms with Crippen LogP contribution in [0.2, 0.25) is 0 Å². The van der Waals surface area contributed by atoms with Crippen LogP contribution < -0.4 is 10.1 Å². The Morgan fingerprint density at radius 3 is 2.95 bits per heavy atom. The van der Waals surface area contributed by atoms with Gasteiger partial charge in [-0.2, -0.15) is 0 Å². The quantitative estimate of drug-likeness (QED) is 0.776. The van der Waals surface area contributed by atoms with E-state index >= 15 is 0 Å². The van der Waals surface area contributed by atoms with Gasteiger partial charge < -0.3 is 14.8 Å². The van der Waals surface area contributed by atoms with Crippen molar-refractivity contribution < 1.29 is 9.47 Å². The maximum Gasteiger partial charge on any atom is 0.123 e. The number of fused-ring (bicyclic) bond motifs is 1. The molecule has 3 heteroatoms. The Morgan fingerprint density at radius 1 is 1.30 bits per heavy atom. The third-order valence-corrected chi connectivity index (χ3v) is 4.15. The van der Waals surface area contributed by atoms with E-state index < -0.39 is 0 Å². The van der Waals surface area contributed by atoms with Gasteiger partial charge in [-0.15, -0.1) is 0 Å². The van der Waals surface area contributed by atoms with Crippen LogP contribution in [0.25, 0.3) is 0 Å². The average Bonchev–Trinajstić information content (AvgIpc) is 3.20. The van der Waals surface area contributed by atoms with Crippen molar-refractivity contribution in [3.05, 3.63) is 29.3 Å². The predicted molar refractivity (Wildman–Crippen MR) is 80.5 cm³/mol. The van der Waals surface area contributed by atoms with Gasteiger partial charge in [-0.1, -0.05) is 26.0 Å². The van der Waals surface area contributed by atoms with Gasteiger partial charge in [-0.25, -0.2) is 0 Å². The van der Waals surface area contributed by atoms with Gasteiger partial charge in [-0.3, -0.25) is 0 Å². The zero-order chi connectivity index (χ0) is 14.0. The molecular formula is C17H25NO2. The van der Waals surface area contributed by atoms with Crippen molar-refractivity contribution in [2.45, 2.75) is 44.6 Å². The Kier molecular flexibility index (Phi) is 3.99. The molecule has 0 spiro atoms. The van der Waals surface area contributed by atoms with Gasteiger partial charge in [0.1, 0.15) is 5.75 Å². The second kappa shape index (κ2) is 5.74. The fraction of sp³-hybridized carbons (Fsp3) is 0.647. The van der Waals surface area contributed by atoms with Gasteiger partial charge in [0, 0.05) is 23.6 Å². The molecule has 0 bridgehead atoms. The van der Waals surface area contributed by atoms with E-state index in [-0.39, 0.29) is 5.41 Å². The van der Waals surface area contributed by atoms with Crippen LogP contribution in [0.4, 0.5) is 0 Å². The summed E-state index contributed by atoms with van der Waals surface area (Å²) in [6, 6.07) is 7.33. The maximum atomic E-state index is 5.72. The van der Waals surface area contributed by atoms with Crippen LogP contribution in [-0.2, 0) is 16.6 Å². The lowest BCUT2D eigenvalue weighted by Gasteiger charge is -2.15. The third kappa shape index (κ3) is 3.33. The average molecular weight is 275 g/mol. The smallest absolute Gasteiger partial charge is 0.123 e. The van der Waals surface area contributed by atoms with Crippen LogP contribution in [0.15, 0.2) is 18.2 Å². The topological polar surface area (TPSA) is 30.5 Å². The molecular weight excluding hydrogens is 250 g/mol. The molecule has 3 rings (SSSR count). The van der Waals surface area contributed by atoms with Gasteiger partial charge in [-0.05, 0) is 30.9 Å². The molecule has 1 N–H and O–H groups in total. The minimum absolute atomic E-state index is 0.139. The van der Waals surface area contributed by atoms with Crippen LogP contribution in [0.3, 0.4) is 0 Å². The summed E-state index contributed by atoms with van der Waals surface area (Å²) in [4.78, 5) is 0. The van der Waals surface area contributed by atoms with E-state index in [0.717, 1.165) is 44.6 Å². The van der Waals surface area contributed by atoms with Crippen molar-refractivity contribution in [2.75, 3.05) is 26.4 Å². The normalized spacial score (nSPS) is 19.7. The molecule has 0 radical (unpaired) electrons. The summed E-state index contributed by atoms with van der Waals surface area (Å²) >= 11 is 0. The largest absolute Gasteiger partial charge is 0.492 e. The SMILES string of the molecule is CC1(C)COc2ccc(CCOCCNC3CC3)cc21. The second-order valence-corrected chi connectivity index (χ2v) is 6.59. The lowest BCUT2D eigenvalue weighted by Crippen LogP contribution is -2.22. The first-order valence-electron chi connectivity index (χ1n) is 7.72. The molecule has 1 aliphatic carbocycles. The van der Waals surface area contributed by atoms with E-state index in [4.69, 9.17) is 9.47 Å². The monoisotopic (exact) mass is 275 g/mol. The molecule has 1 heterocycles. The first-order chi connectivity index (χ1) is 9.65. The van der Waals surface area contributed by atoms with E-state index in [9.17, 15) is 0 Å². The summed E-state index contributed by atoms with van der Waals surface area (Å²) in [5.41, 5.74) is 2.82. The fourth-order valence-corrected chi connectivity index (χ4v) is 2.64. The first kappa shape index (κ1) is 13.9. The van der Waals surface area contributed by atoms with Crippen molar-refractivity contribution in [1.29, 1.82) is 0 Å². The summed E-state index contributed by atoms with van der Waals surface area (Å²) in [6.07, 6.45) is 3.66. The van der Waals surface area contributed by atoms with E-state index in [1.807, 2.05) is 0 Å². The van der Waals surface area contributed by atoms with Gasteiger partial charge >= 0.3 is 0 Å². The number of hydrogen-bond donors (Lipinski definition) is 1. The Bertz CT molecular complexity index is 466. The Balaban J connectivity index is 1.43. The molecule has 1 aromatic carbocycles. The predicted octanol–water partition coefficient (Wildman–Crippen LogP) is 2.67. The number of rotatable bonds is 7. The molecule has 0 saturated heterocycles. The molecule has 20 heavy (non-hydrogen) atoms. The highest BCUT2D eigenvalue weighted by atomic mass is 16.5. The van der Waals surface area contributed by atoms with Crippen molar-refractivity contribution in [3.63, 3.8) is 0 Å². The molecule has 0 aromatic heterocycles. The summed E-state index contributed by atoms with van der Waals surface area (Å²) in [6.45, 7) is 7.86. The zero-order valence-electron chi connectivity index (χ0n) is 12.6. The minimum atomic E-state index is 0.139. The molecule has 1 saturated carbocycles. The van der Waals surface area contributed by atoms with Crippen LogP contribution in [0.1, 0.15) is 37.8 Å². The molecule has 1 aliphatic heterocycles. The zero-order valence-corrected chi connectivity index (χ0v) is 12.6. The van der Waals surface area contributed by atoms with Gasteiger partial charge in [0.2, 0.25) is 0 Å². The van der Waals surface area contributed by atoms with Gasteiger partial charge in [0.25, 0.3) is 0 Å². The standard InChI is InChI=1S/C17H25NO2/c1-17(2)12-20-16-6-3-13(11-15(16)17)7-9-19-10-8-18-14-4-5-14/h3,6,11,14,18H,4-5,7-10,12H2,1-2H3. The second-order valence-electron chi connectivity index (χ2n) is 6.59. The van der Waals surface area contributed by atoms with Gasteiger partial charge in [0.15, 0.2) is 0 Å². The molecule has 2 aliphatic rings. The summed E-state index contributed by atoms with van der Waals surface area (Å²) in [5.74, 6) is 1.05. The Hall–Kier alpha value is -1.06. The molecule has 1 aromatic rings. The first-order valence-corrected chi connectivity index (χ1v) is 7.72. The molecule has 1 fully saturated rings. The fourth-order valence-electron chi connectivity index (χ4n) is 2.64. The summed E-state index contributed by atoms with van der Waals surface area (Å²) in [5, 5.41) is 3.46. The van der Waals surface area contributed by atoms with Crippen LogP contribution >= 0.6 is 0 Å². The number of benzene rings is 1. The molecule has 3 nitrogen and oxygen atoms in total. The Morgan fingerprint density at radius 2 is 2.15 bits per heavy atom. The number of hydrogen-bond acceptors (Lipinski definition) is 3. The molecule has 0 atom stereocenters. The minimum Gasteiger partial charge on any atom is -0.492 e. The molecule has 110 valence electrons. The molecule has 0 amide bonds. The lowest BCUT2D eigenvalue weighted by atomic mass is 9.86. The Labute approximate surface area is 121 Å². The highest BCUT2D eigenvalue weighted by molar-refractivity contribution is 5.45.